The van der Waals surface area contributed by atoms with Gasteiger partial charge >= 0.3 is 0 Å². The van der Waals surface area contributed by atoms with Crippen LogP contribution in [0.3, 0.4) is 0 Å². The number of para-hydroxylation sites is 1. The lowest BCUT2D eigenvalue weighted by molar-refractivity contribution is -0.123. The number of thioether (sulfide) groups is 1. The summed E-state index contributed by atoms with van der Waals surface area (Å²) in [5.41, 5.74) is 4.34. The van der Waals surface area contributed by atoms with Gasteiger partial charge in [0.1, 0.15) is 5.82 Å². The molecule has 0 bridgehead atoms. The lowest BCUT2D eigenvalue weighted by Crippen LogP contribution is -2.49. The Morgan fingerprint density at radius 2 is 1.75 bits per heavy atom. The summed E-state index contributed by atoms with van der Waals surface area (Å²) in [7, 11) is 0. The van der Waals surface area contributed by atoms with Gasteiger partial charge in [0.2, 0.25) is 10.8 Å². The van der Waals surface area contributed by atoms with E-state index in [-0.39, 0.29) is 34.7 Å². The van der Waals surface area contributed by atoms with Crippen LogP contribution in [0.1, 0.15) is 22.3 Å². The molecule has 0 radical (unpaired) electrons. The van der Waals surface area contributed by atoms with Crippen LogP contribution in [-0.2, 0) is 21.0 Å². The van der Waals surface area contributed by atoms with Gasteiger partial charge in [-0.25, -0.2) is 4.39 Å². The van der Waals surface area contributed by atoms with Gasteiger partial charge < -0.3 is 4.90 Å². The number of benzene rings is 3. The van der Waals surface area contributed by atoms with Crippen molar-refractivity contribution in [3.05, 3.63) is 93.8 Å². The predicted molar refractivity (Wildman–Crippen MR) is 127 cm³/mol. The first-order chi connectivity index (χ1) is 15.3. The number of hydrogen-bond donors (Lipinski definition) is 0. The van der Waals surface area contributed by atoms with Crippen LogP contribution in [0.25, 0.3) is 0 Å². The molecular weight excluding hydrogens is 447 g/mol. The van der Waals surface area contributed by atoms with Crippen molar-refractivity contribution >= 4 is 46.6 Å². The van der Waals surface area contributed by atoms with Crippen LogP contribution in [-0.4, -0.2) is 17.6 Å². The minimum atomic E-state index is -1.23. The van der Waals surface area contributed by atoms with Crippen molar-refractivity contribution in [1.82, 2.24) is 0 Å². The molecule has 0 saturated carbocycles. The molecule has 0 aliphatic carbocycles. The Morgan fingerprint density at radius 1 is 1.03 bits per heavy atom. The molecule has 162 valence electrons. The van der Waals surface area contributed by atoms with E-state index in [1.807, 2.05) is 56.3 Å². The first kappa shape index (κ1) is 21.0. The molecule has 3 aromatic carbocycles. The van der Waals surface area contributed by atoms with Gasteiger partial charge in [0, 0.05) is 21.8 Å². The van der Waals surface area contributed by atoms with Crippen LogP contribution in [0.4, 0.5) is 15.8 Å². The van der Waals surface area contributed by atoms with Crippen molar-refractivity contribution < 1.29 is 14.0 Å². The maximum atomic E-state index is 14.6. The van der Waals surface area contributed by atoms with E-state index >= 15 is 0 Å². The number of hydrogen-bond acceptors (Lipinski definition) is 3. The molecule has 1 atom stereocenters. The second-order valence-electron chi connectivity index (χ2n) is 8.12. The van der Waals surface area contributed by atoms with Crippen molar-refractivity contribution in [2.75, 3.05) is 15.6 Å². The quantitative estimate of drug-likeness (QED) is 0.506. The van der Waals surface area contributed by atoms with Crippen molar-refractivity contribution in [3.63, 3.8) is 0 Å². The number of carbonyl (C=O) groups excluding carboxylic acids is 2. The summed E-state index contributed by atoms with van der Waals surface area (Å²) in [5, 5.41) is 0.262. The lowest BCUT2D eigenvalue weighted by atomic mass is 10.0. The molecule has 2 aliphatic rings. The highest BCUT2D eigenvalue weighted by Gasteiger charge is 2.61. The fourth-order valence-corrected chi connectivity index (χ4v) is 6.22. The molecule has 0 aromatic heterocycles. The lowest BCUT2D eigenvalue weighted by Gasteiger charge is -2.33. The van der Waals surface area contributed by atoms with Crippen molar-refractivity contribution in [3.8, 4) is 0 Å². The minimum absolute atomic E-state index is 0.0153. The molecule has 3 aromatic rings. The van der Waals surface area contributed by atoms with E-state index in [2.05, 4.69) is 0 Å². The molecule has 4 nitrogen and oxygen atoms in total. The van der Waals surface area contributed by atoms with E-state index in [0.29, 0.717) is 11.4 Å². The van der Waals surface area contributed by atoms with Gasteiger partial charge in [-0.3, -0.25) is 14.5 Å². The van der Waals surface area contributed by atoms with Crippen LogP contribution in [0.15, 0.2) is 60.7 Å². The molecule has 0 unspecified atom stereocenters. The van der Waals surface area contributed by atoms with Crippen molar-refractivity contribution in [1.29, 1.82) is 0 Å². The molecule has 7 heteroatoms. The fourth-order valence-electron chi connectivity index (χ4n) is 4.63. The third-order valence-corrected chi connectivity index (χ3v) is 7.65. The normalized spacial score (nSPS) is 19.9. The highest BCUT2D eigenvalue weighted by molar-refractivity contribution is 8.02. The summed E-state index contributed by atoms with van der Waals surface area (Å²) in [6.45, 7) is 3.92. The molecule has 1 fully saturated rings. The van der Waals surface area contributed by atoms with Crippen LogP contribution in [0, 0.1) is 19.7 Å². The summed E-state index contributed by atoms with van der Waals surface area (Å²) in [5.74, 6) is -0.687. The van der Waals surface area contributed by atoms with Gasteiger partial charge in [-0.1, -0.05) is 41.9 Å². The SMILES string of the molecule is Cc1cc(C)cc(N2C(=O)CS[C@]23C(=O)N(Cc2c(F)cccc2Cl)c2ccccc23)c1. The second kappa shape index (κ2) is 7.64. The average molecular weight is 467 g/mol. The van der Waals surface area contributed by atoms with E-state index in [1.54, 1.807) is 15.9 Å². The number of aryl methyl sites for hydroxylation is 2. The van der Waals surface area contributed by atoms with Crippen LogP contribution >= 0.6 is 23.4 Å². The highest BCUT2D eigenvalue weighted by atomic mass is 35.5. The van der Waals surface area contributed by atoms with Gasteiger partial charge in [-0.05, 0) is 55.3 Å². The Labute approximate surface area is 195 Å². The smallest absolute Gasteiger partial charge is 0.269 e. The molecule has 1 saturated heterocycles. The Balaban J connectivity index is 1.67. The van der Waals surface area contributed by atoms with Gasteiger partial charge in [-0.2, -0.15) is 0 Å². The third kappa shape index (κ3) is 3.05. The van der Waals surface area contributed by atoms with E-state index in [0.717, 1.165) is 16.7 Å². The monoisotopic (exact) mass is 466 g/mol. The average Bonchev–Trinajstić information content (AvgIpc) is 3.21. The Bertz CT molecular complexity index is 1240. The molecule has 0 N–H and O–H groups in total. The molecular formula is C25H20ClFN2O2S. The predicted octanol–water partition coefficient (Wildman–Crippen LogP) is 5.58. The number of halogens is 2. The zero-order valence-electron chi connectivity index (χ0n) is 17.6. The van der Waals surface area contributed by atoms with Gasteiger partial charge in [-0.15, -0.1) is 11.8 Å². The topological polar surface area (TPSA) is 40.6 Å². The molecule has 2 amide bonds. The first-order valence-electron chi connectivity index (χ1n) is 10.2. The van der Waals surface area contributed by atoms with E-state index in [4.69, 9.17) is 11.6 Å². The fraction of sp³-hybridized carbons (Fsp3) is 0.200. The Hall–Kier alpha value is -2.83. The molecule has 2 aliphatic heterocycles. The van der Waals surface area contributed by atoms with Crippen LogP contribution < -0.4 is 9.80 Å². The van der Waals surface area contributed by atoms with Crippen LogP contribution in [0.2, 0.25) is 5.02 Å². The van der Waals surface area contributed by atoms with E-state index in [1.165, 1.54) is 23.9 Å². The molecule has 1 spiro atoms. The maximum absolute atomic E-state index is 14.6. The zero-order valence-corrected chi connectivity index (χ0v) is 19.1. The van der Waals surface area contributed by atoms with Crippen LogP contribution in [0.5, 0.6) is 0 Å². The Kier molecular flexibility index (Phi) is 5.02. The van der Waals surface area contributed by atoms with Gasteiger partial charge in [0.05, 0.1) is 18.0 Å². The minimum Gasteiger partial charge on any atom is -0.304 e. The number of fused-ring (bicyclic) bond motifs is 2. The number of rotatable bonds is 3. The summed E-state index contributed by atoms with van der Waals surface area (Å²) >= 11 is 7.58. The highest BCUT2D eigenvalue weighted by Crippen LogP contribution is 2.56. The number of carbonyl (C=O) groups is 2. The van der Waals surface area contributed by atoms with Gasteiger partial charge in [0.25, 0.3) is 5.91 Å². The number of nitrogens with zero attached hydrogens (tertiary/aromatic N) is 2. The molecule has 5 rings (SSSR count). The van der Waals surface area contributed by atoms with Gasteiger partial charge in [0.15, 0.2) is 0 Å². The summed E-state index contributed by atoms with van der Waals surface area (Å²) in [6, 6.07) is 17.8. The zero-order chi connectivity index (χ0) is 22.6. The second-order valence-corrected chi connectivity index (χ2v) is 9.69. The molecule has 32 heavy (non-hydrogen) atoms. The third-order valence-electron chi connectivity index (χ3n) is 5.91. The number of anilines is 2. The number of amides is 2. The Morgan fingerprint density at radius 3 is 2.47 bits per heavy atom. The first-order valence-corrected chi connectivity index (χ1v) is 11.6. The summed E-state index contributed by atoms with van der Waals surface area (Å²) in [4.78, 5) is 29.1. The summed E-state index contributed by atoms with van der Waals surface area (Å²) in [6.07, 6.45) is 0. The molecule has 2 heterocycles. The standard InChI is InChI=1S/C25H20ClFN2O2S/c1-15-10-16(2)12-17(11-15)29-23(30)14-32-25(29)19-6-3-4-9-22(19)28(24(25)31)13-18-20(26)7-5-8-21(18)27/h3-12H,13-14H2,1-2H3/t25-/m1/s1. The maximum Gasteiger partial charge on any atom is 0.269 e. The van der Waals surface area contributed by atoms with E-state index < -0.39 is 10.7 Å². The van der Waals surface area contributed by atoms with Crippen molar-refractivity contribution in [2.45, 2.75) is 25.3 Å². The van der Waals surface area contributed by atoms with E-state index in [9.17, 15) is 14.0 Å². The largest absolute Gasteiger partial charge is 0.304 e. The summed E-state index contributed by atoms with van der Waals surface area (Å²) < 4.78 is 14.6. The van der Waals surface area contributed by atoms with Crippen molar-refractivity contribution in [2.24, 2.45) is 0 Å².